The SMILES string of the molecule is CC(=O)c1ccc2[nH]c3nccc(Cl)c3c2c1. The lowest BCUT2D eigenvalue weighted by atomic mass is 10.1. The average Bonchev–Trinajstić information content (AvgIpc) is 2.67. The predicted molar refractivity (Wildman–Crippen MR) is 68.6 cm³/mol. The molecule has 2 heterocycles. The van der Waals surface area contributed by atoms with E-state index in [1.54, 1.807) is 25.3 Å². The summed E-state index contributed by atoms with van der Waals surface area (Å²) < 4.78 is 0. The summed E-state index contributed by atoms with van der Waals surface area (Å²) in [6.07, 6.45) is 1.66. The van der Waals surface area contributed by atoms with Gasteiger partial charge in [-0.2, -0.15) is 0 Å². The lowest BCUT2D eigenvalue weighted by Crippen LogP contribution is -1.90. The monoisotopic (exact) mass is 244 g/mol. The Kier molecular flexibility index (Phi) is 2.16. The summed E-state index contributed by atoms with van der Waals surface area (Å²) in [5.74, 6) is 0.0428. The van der Waals surface area contributed by atoms with Gasteiger partial charge in [-0.15, -0.1) is 0 Å². The molecular formula is C13H9ClN2O. The van der Waals surface area contributed by atoms with Crippen LogP contribution in [0.15, 0.2) is 30.5 Å². The molecule has 0 amide bonds. The van der Waals surface area contributed by atoms with Gasteiger partial charge in [0.15, 0.2) is 5.78 Å². The second-order valence-corrected chi connectivity index (χ2v) is 4.37. The van der Waals surface area contributed by atoms with Gasteiger partial charge >= 0.3 is 0 Å². The Morgan fingerprint density at radius 3 is 2.94 bits per heavy atom. The first-order valence-corrected chi connectivity index (χ1v) is 5.61. The first-order chi connectivity index (χ1) is 8.16. The summed E-state index contributed by atoms with van der Waals surface area (Å²) in [5.41, 5.74) is 2.36. The molecule has 1 N–H and O–H groups in total. The number of Topliss-reactive ketones (excluding diaryl/α,β-unsaturated/α-hetero) is 1. The molecule has 2 aromatic heterocycles. The van der Waals surface area contributed by atoms with Crippen molar-refractivity contribution in [1.82, 2.24) is 9.97 Å². The van der Waals surface area contributed by atoms with Gasteiger partial charge < -0.3 is 4.98 Å². The van der Waals surface area contributed by atoms with Crippen molar-refractivity contribution >= 4 is 39.3 Å². The Morgan fingerprint density at radius 2 is 2.18 bits per heavy atom. The molecular weight excluding hydrogens is 236 g/mol. The van der Waals surface area contributed by atoms with E-state index in [2.05, 4.69) is 9.97 Å². The molecule has 17 heavy (non-hydrogen) atoms. The molecule has 0 fully saturated rings. The number of aromatic amines is 1. The van der Waals surface area contributed by atoms with Crippen LogP contribution in [0.25, 0.3) is 21.9 Å². The minimum Gasteiger partial charge on any atom is -0.339 e. The van der Waals surface area contributed by atoms with Gasteiger partial charge in [-0.1, -0.05) is 11.6 Å². The largest absolute Gasteiger partial charge is 0.339 e. The third-order valence-corrected chi connectivity index (χ3v) is 3.16. The molecule has 0 aliphatic carbocycles. The molecule has 0 aliphatic rings. The number of hydrogen-bond donors (Lipinski definition) is 1. The smallest absolute Gasteiger partial charge is 0.159 e. The van der Waals surface area contributed by atoms with E-state index >= 15 is 0 Å². The lowest BCUT2D eigenvalue weighted by molar-refractivity contribution is 0.101. The van der Waals surface area contributed by atoms with Crippen LogP contribution in [0.2, 0.25) is 5.02 Å². The number of carbonyl (C=O) groups is 1. The summed E-state index contributed by atoms with van der Waals surface area (Å²) in [7, 11) is 0. The molecule has 0 radical (unpaired) electrons. The quantitative estimate of drug-likeness (QED) is 0.665. The highest BCUT2D eigenvalue weighted by molar-refractivity contribution is 6.37. The van der Waals surface area contributed by atoms with E-state index in [4.69, 9.17) is 11.6 Å². The number of rotatable bonds is 1. The van der Waals surface area contributed by atoms with Crippen molar-refractivity contribution in [2.75, 3.05) is 0 Å². The summed E-state index contributed by atoms with van der Waals surface area (Å²) >= 11 is 6.16. The summed E-state index contributed by atoms with van der Waals surface area (Å²) in [4.78, 5) is 18.8. The average molecular weight is 245 g/mol. The standard InChI is InChI=1S/C13H9ClN2O/c1-7(17)8-2-3-11-9(6-8)12-10(14)4-5-15-13(12)16-11/h2-6H,1H3,(H,15,16). The molecule has 0 bridgehead atoms. The maximum Gasteiger partial charge on any atom is 0.159 e. The van der Waals surface area contributed by atoms with E-state index in [9.17, 15) is 4.79 Å². The predicted octanol–water partition coefficient (Wildman–Crippen LogP) is 3.57. The Labute approximate surface area is 102 Å². The minimum absolute atomic E-state index is 0.0428. The number of carbonyl (C=O) groups excluding carboxylic acids is 1. The fraction of sp³-hybridized carbons (Fsp3) is 0.0769. The summed E-state index contributed by atoms with van der Waals surface area (Å²) in [6, 6.07) is 7.28. The Morgan fingerprint density at radius 1 is 1.35 bits per heavy atom. The number of nitrogens with one attached hydrogen (secondary N) is 1. The normalized spacial score (nSPS) is 11.2. The van der Waals surface area contributed by atoms with Gasteiger partial charge in [-0.3, -0.25) is 4.79 Å². The highest BCUT2D eigenvalue weighted by atomic mass is 35.5. The molecule has 0 unspecified atom stereocenters. The van der Waals surface area contributed by atoms with Crippen molar-refractivity contribution in [3.05, 3.63) is 41.0 Å². The molecule has 0 saturated heterocycles. The molecule has 0 spiro atoms. The maximum atomic E-state index is 11.4. The number of H-pyrrole nitrogens is 1. The van der Waals surface area contributed by atoms with Crippen LogP contribution < -0.4 is 0 Å². The van der Waals surface area contributed by atoms with Crippen molar-refractivity contribution in [2.45, 2.75) is 6.92 Å². The fourth-order valence-corrected chi connectivity index (χ4v) is 2.24. The number of halogens is 1. The van der Waals surface area contributed by atoms with Crippen LogP contribution in [0.4, 0.5) is 0 Å². The molecule has 84 valence electrons. The number of hydrogen-bond acceptors (Lipinski definition) is 2. The van der Waals surface area contributed by atoms with Gasteiger partial charge in [0.1, 0.15) is 5.65 Å². The van der Waals surface area contributed by atoms with Gasteiger partial charge in [0.25, 0.3) is 0 Å². The number of fused-ring (bicyclic) bond motifs is 3. The lowest BCUT2D eigenvalue weighted by Gasteiger charge is -1.97. The second-order valence-electron chi connectivity index (χ2n) is 3.96. The van der Waals surface area contributed by atoms with Crippen LogP contribution in [-0.4, -0.2) is 15.8 Å². The number of nitrogens with zero attached hydrogens (tertiary/aromatic N) is 1. The molecule has 0 saturated carbocycles. The molecule has 1 aromatic carbocycles. The molecule has 3 rings (SSSR count). The van der Waals surface area contributed by atoms with E-state index < -0.39 is 0 Å². The Bertz CT molecular complexity index is 746. The summed E-state index contributed by atoms with van der Waals surface area (Å²) in [5, 5.41) is 2.44. The Hall–Kier alpha value is -1.87. The Balaban J connectivity index is 2.48. The van der Waals surface area contributed by atoms with Crippen molar-refractivity contribution < 1.29 is 4.79 Å². The van der Waals surface area contributed by atoms with Gasteiger partial charge in [0.05, 0.1) is 5.02 Å². The second kappa shape index (κ2) is 3.57. The molecule has 3 aromatic rings. The van der Waals surface area contributed by atoms with Crippen LogP contribution in [0.1, 0.15) is 17.3 Å². The van der Waals surface area contributed by atoms with Crippen LogP contribution in [-0.2, 0) is 0 Å². The number of aromatic nitrogens is 2. The van der Waals surface area contributed by atoms with E-state index in [-0.39, 0.29) is 5.78 Å². The van der Waals surface area contributed by atoms with Crippen molar-refractivity contribution in [3.8, 4) is 0 Å². The highest BCUT2D eigenvalue weighted by Crippen LogP contribution is 2.30. The van der Waals surface area contributed by atoms with Crippen LogP contribution >= 0.6 is 11.6 Å². The first kappa shape index (κ1) is 10.3. The van der Waals surface area contributed by atoms with Crippen LogP contribution in [0, 0.1) is 0 Å². The van der Waals surface area contributed by atoms with Gasteiger partial charge in [0.2, 0.25) is 0 Å². The molecule has 0 atom stereocenters. The first-order valence-electron chi connectivity index (χ1n) is 5.23. The number of pyridine rings is 1. The van der Waals surface area contributed by atoms with Gasteiger partial charge in [0, 0.05) is 28.0 Å². The maximum absolute atomic E-state index is 11.4. The number of ketones is 1. The molecule has 0 aliphatic heterocycles. The topological polar surface area (TPSA) is 45.8 Å². The van der Waals surface area contributed by atoms with Gasteiger partial charge in [-0.25, -0.2) is 4.98 Å². The summed E-state index contributed by atoms with van der Waals surface area (Å²) in [6.45, 7) is 1.55. The zero-order chi connectivity index (χ0) is 12.0. The third-order valence-electron chi connectivity index (χ3n) is 2.85. The van der Waals surface area contributed by atoms with Crippen LogP contribution in [0.3, 0.4) is 0 Å². The highest BCUT2D eigenvalue weighted by Gasteiger charge is 2.10. The molecule has 4 heteroatoms. The zero-order valence-electron chi connectivity index (χ0n) is 9.12. The van der Waals surface area contributed by atoms with E-state index in [0.29, 0.717) is 10.6 Å². The van der Waals surface area contributed by atoms with E-state index in [0.717, 1.165) is 21.9 Å². The number of benzene rings is 1. The van der Waals surface area contributed by atoms with Crippen LogP contribution in [0.5, 0.6) is 0 Å². The zero-order valence-corrected chi connectivity index (χ0v) is 9.88. The van der Waals surface area contributed by atoms with Crippen molar-refractivity contribution in [1.29, 1.82) is 0 Å². The minimum atomic E-state index is 0.0428. The third kappa shape index (κ3) is 1.51. The molecule has 3 nitrogen and oxygen atoms in total. The van der Waals surface area contributed by atoms with Crippen molar-refractivity contribution in [3.63, 3.8) is 0 Å². The van der Waals surface area contributed by atoms with Gasteiger partial charge in [-0.05, 0) is 31.2 Å². The van der Waals surface area contributed by atoms with E-state index in [1.807, 2.05) is 12.1 Å². The van der Waals surface area contributed by atoms with E-state index in [1.165, 1.54) is 0 Å². The fourth-order valence-electron chi connectivity index (χ4n) is 2.00. The van der Waals surface area contributed by atoms with Crippen molar-refractivity contribution in [2.24, 2.45) is 0 Å².